The number of ether oxygens (including phenoxy) is 2. The van der Waals surface area contributed by atoms with E-state index < -0.39 is 35.9 Å². The van der Waals surface area contributed by atoms with Gasteiger partial charge in [0.05, 0.1) is 35.2 Å². The Labute approximate surface area is 295 Å². The molecule has 2 fully saturated rings. The normalized spacial score (nSPS) is 16.8. The van der Waals surface area contributed by atoms with Crippen LogP contribution in [0, 0.1) is 23.6 Å². The molecule has 2 aliphatic rings. The summed E-state index contributed by atoms with van der Waals surface area (Å²) in [6.45, 7) is 5.44. The SMILES string of the molecule is CC1CCCN(C2CCOCC2)C1.CNC.[B]C(O)(O)Oc1cc(C=O)c(F)cc1NCC#Cc1cc(C(N)=O)c2ncn(CC(F)(F)F)c2c1. The monoisotopic (exact) mass is 718 g/mol. The number of hydrogen-bond donors (Lipinski definition) is 5. The van der Waals surface area contributed by atoms with Gasteiger partial charge in [-0.1, -0.05) is 18.8 Å². The van der Waals surface area contributed by atoms with Crippen LogP contribution in [0.1, 0.15) is 58.9 Å². The molecule has 2 saturated heterocycles. The predicted molar refractivity (Wildman–Crippen MR) is 184 cm³/mol. The molecule has 5 rings (SSSR count). The Morgan fingerprint density at radius 2 is 1.88 bits per heavy atom. The highest BCUT2D eigenvalue weighted by molar-refractivity contribution is 6.12. The lowest BCUT2D eigenvalue weighted by molar-refractivity contribution is -0.223. The predicted octanol–water partition coefficient (Wildman–Crippen LogP) is 2.99. The molecule has 3 aromatic rings. The van der Waals surface area contributed by atoms with Crippen molar-refractivity contribution < 1.29 is 46.8 Å². The van der Waals surface area contributed by atoms with Gasteiger partial charge in [0.15, 0.2) is 6.29 Å². The molecule has 0 aliphatic carbocycles. The number of imidazole rings is 1. The van der Waals surface area contributed by atoms with Crippen LogP contribution in [-0.2, 0) is 11.3 Å². The second kappa shape index (κ2) is 18.9. The number of alkyl halides is 3. The number of aliphatic hydroxyl groups is 2. The molecule has 51 heavy (non-hydrogen) atoms. The molecular weight excluding hydrogens is 675 g/mol. The third-order valence-corrected chi connectivity index (χ3v) is 7.82. The number of aldehydes is 1. The first-order chi connectivity index (χ1) is 24.0. The second-order valence-corrected chi connectivity index (χ2v) is 12.2. The molecule has 1 atom stereocenters. The molecule has 12 nitrogen and oxygen atoms in total. The minimum atomic E-state index is -4.54. The Morgan fingerprint density at radius 1 is 1.20 bits per heavy atom. The molecule has 2 aromatic carbocycles. The van der Waals surface area contributed by atoms with E-state index in [1.165, 1.54) is 50.9 Å². The number of anilines is 1. The number of carbonyl (C=O) groups is 2. The van der Waals surface area contributed by atoms with Gasteiger partial charge in [0.25, 0.3) is 11.8 Å². The molecular formula is C34H43BF4N6O6. The summed E-state index contributed by atoms with van der Waals surface area (Å²) >= 11 is 0. The van der Waals surface area contributed by atoms with Crippen LogP contribution in [0.5, 0.6) is 5.75 Å². The Hall–Kier alpha value is -4.21. The van der Waals surface area contributed by atoms with E-state index in [0.29, 0.717) is 0 Å². The molecule has 1 amide bonds. The maximum atomic E-state index is 14.0. The minimum Gasteiger partial charge on any atom is -0.447 e. The van der Waals surface area contributed by atoms with Crippen LogP contribution in [0.4, 0.5) is 23.2 Å². The quantitative estimate of drug-likeness (QED) is 0.0770. The summed E-state index contributed by atoms with van der Waals surface area (Å²) in [6.07, 6.45) is 1.92. The summed E-state index contributed by atoms with van der Waals surface area (Å²) in [5.74, 6) is 0.785. The molecule has 1 aromatic heterocycles. The number of fused-ring (bicyclic) bond motifs is 1. The molecule has 1 unspecified atom stereocenters. The van der Waals surface area contributed by atoms with Crippen LogP contribution >= 0.6 is 0 Å². The number of benzene rings is 2. The second-order valence-electron chi connectivity index (χ2n) is 12.2. The standard InChI is InChI=1S/C21H15BF4N4O5.C11H21NO.C2H7N/c22-21(33,34)35-17-6-12(8-31)14(23)7-15(17)28-3-1-2-11-4-13(19(27)32)18-16(5-11)30(10-29-18)9-20(24,25)26;1-10-3-2-6-12(9-10)11-4-7-13-8-5-11;1-3-2/h4-8,10,28,33-34H,3,9H2,(H2,27,32);10-11H,2-9H2,1H3;3H,1-2H3. The Morgan fingerprint density at radius 3 is 2.47 bits per heavy atom. The number of aromatic nitrogens is 2. The highest BCUT2D eigenvalue weighted by Gasteiger charge is 2.29. The van der Waals surface area contributed by atoms with Crippen molar-refractivity contribution in [2.24, 2.45) is 11.7 Å². The Balaban J connectivity index is 0.000000361. The summed E-state index contributed by atoms with van der Waals surface area (Å²) in [4.78, 5) is 29.2. The van der Waals surface area contributed by atoms with E-state index in [0.717, 1.165) is 48.2 Å². The first kappa shape index (κ1) is 41.2. The number of nitrogens with zero attached hydrogens (tertiary/aromatic N) is 3. The number of piperidine rings is 1. The van der Waals surface area contributed by atoms with Gasteiger partial charge < -0.3 is 40.6 Å². The maximum absolute atomic E-state index is 14.0. The fraction of sp³-hybridized carbons (Fsp3) is 0.500. The van der Waals surface area contributed by atoms with Crippen LogP contribution < -0.4 is 21.1 Å². The summed E-state index contributed by atoms with van der Waals surface area (Å²) in [5, 5.41) is 23.8. The first-order valence-electron chi connectivity index (χ1n) is 16.2. The van der Waals surface area contributed by atoms with E-state index in [2.05, 4.69) is 44.0 Å². The van der Waals surface area contributed by atoms with Crippen molar-refractivity contribution in [3.8, 4) is 17.6 Å². The number of primary amides is 1. The number of nitrogens with one attached hydrogen (secondary N) is 2. The third kappa shape index (κ3) is 13.1. The van der Waals surface area contributed by atoms with Gasteiger partial charge in [-0.25, -0.2) is 9.37 Å². The van der Waals surface area contributed by atoms with Crippen LogP contribution in [0.3, 0.4) is 0 Å². The van der Waals surface area contributed by atoms with Crippen LogP contribution in [0.25, 0.3) is 11.0 Å². The van der Waals surface area contributed by atoms with Gasteiger partial charge in [-0.15, -0.1) is 0 Å². The summed E-state index contributed by atoms with van der Waals surface area (Å²) in [5.41, 5.74) is 4.72. The highest BCUT2D eigenvalue weighted by Crippen LogP contribution is 2.30. The summed E-state index contributed by atoms with van der Waals surface area (Å²) < 4.78 is 63.4. The lowest BCUT2D eigenvalue weighted by Gasteiger charge is -2.39. The average Bonchev–Trinajstić information content (AvgIpc) is 3.45. The molecule has 2 radical (unpaired) electrons. The lowest BCUT2D eigenvalue weighted by atomic mass is 9.96. The lowest BCUT2D eigenvalue weighted by Crippen LogP contribution is -2.44. The van der Waals surface area contributed by atoms with E-state index in [9.17, 15) is 37.4 Å². The Bertz CT molecular complexity index is 1680. The van der Waals surface area contributed by atoms with Crippen molar-refractivity contribution >= 4 is 36.8 Å². The van der Waals surface area contributed by atoms with Crippen molar-refractivity contribution in [3.05, 3.63) is 53.1 Å². The van der Waals surface area contributed by atoms with Crippen molar-refractivity contribution in [2.45, 2.75) is 57.2 Å². The number of nitrogens with two attached hydrogens (primary N) is 1. The van der Waals surface area contributed by atoms with Gasteiger partial charge in [0, 0.05) is 37.4 Å². The maximum Gasteiger partial charge on any atom is 0.406 e. The molecule has 0 saturated carbocycles. The number of likely N-dealkylation sites (tertiary alicyclic amines) is 1. The molecule has 0 bridgehead atoms. The zero-order valence-electron chi connectivity index (χ0n) is 28.7. The van der Waals surface area contributed by atoms with Crippen LogP contribution in [-0.4, -0.2) is 110 Å². The van der Waals surface area contributed by atoms with Crippen LogP contribution in [0.15, 0.2) is 30.6 Å². The smallest absolute Gasteiger partial charge is 0.406 e. The van der Waals surface area contributed by atoms with Gasteiger partial charge in [0.2, 0.25) is 7.85 Å². The number of hydrogen-bond acceptors (Lipinski definition) is 10. The Kier molecular flexibility index (Phi) is 15.2. The molecule has 17 heteroatoms. The number of carbonyl (C=O) groups excluding carboxylic acids is 2. The van der Waals surface area contributed by atoms with Gasteiger partial charge in [-0.2, -0.15) is 13.2 Å². The summed E-state index contributed by atoms with van der Waals surface area (Å²) in [7, 11) is 8.71. The first-order valence-corrected chi connectivity index (χ1v) is 16.2. The van der Waals surface area contributed by atoms with E-state index in [1.807, 2.05) is 14.1 Å². The van der Waals surface area contributed by atoms with Gasteiger partial charge in [0.1, 0.15) is 23.6 Å². The van der Waals surface area contributed by atoms with Crippen molar-refractivity contribution in [1.29, 1.82) is 0 Å². The number of rotatable bonds is 8. The van der Waals surface area contributed by atoms with Crippen molar-refractivity contribution in [2.75, 3.05) is 52.3 Å². The topological polar surface area (TPSA) is 164 Å². The molecule has 3 heterocycles. The van der Waals surface area contributed by atoms with Gasteiger partial charge in [-0.05, 0) is 70.4 Å². The number of amides is 1. The molecule has 6 N–H and O–H groups in total. The molecule has 2 aliphatic heterocycles. The highest BCUT2D eigenvalue weighted by atomic mass is 19.4. The van der Waals surface area contributed by atoms with Crippen molar-refractivity contribution in [1.82, 2.24) is 19.8 Å². The average molecular weight is 719 g/mol. The number of halogens is 4. The molecule has 276 valence electrons. The largest absolute Gasteiger partial charge is 0.447 e. The van der Waals surface area contributed by atoms with Gasteiger partial charge >= 0.3 is 6.18 Å². The minimum absolute atomic E-state index is 0.0109. The van der Waals surface area contributed by atoms with Crippen LogP contribution in [0.2, 0.25) is 0 Å². The van der Waals surface area contributed by atoms with E-state index in [1.54, 1.807) is 0 Å². The van der Waals surface area contributed by atoms with E-state index >= 15 is 0 Å². The third-order valence-electron chi connectivity index (χ3n) is 7.82. The van der Waals surface area contributed by atoms with Crippen molar-refractivity contribution in [3.63, 3.8) is 0 Å². The molecule has 0 spiro atoms. The fourth-order valence-corrected chi connectivity index (χ4v) is 5.68. The summed E-state index contributed by atoms with van der Waals surface area (Å²) in [6, 6.07) is 5.09. The van der Waals surface area contributed by atoms with E-state index in [-0.39, 0.29) is 46.4 Å². The van der Waals surface area contributed by atoms with E-state index in [4.69, 9.17) is 18.3 Å². The zero-order chi connectivity index (χ0) is 37.8. The zero-order valence-corrected chi connectivity index (χ0v) is 28.7. The fourth-order valence-electron chi connectivity index (χ4n) is 5.68. The van der Waals surface area contributed by atoms with Gasteiger partial charge in [-0.3, -0.25) is 14.5 Å².